The van der Waals surface area contributed by atoms with Crippen molar-refractivity contribution in [3.8, 4) is 0 Å². The summed E-state index contributed by atoms with van der Waals surface area (Å²) in [5.41, 5.74) is -3.95. The summed E-state index contributed by atoms with van der Waals surface area (Å²) in [6, 6.07) is 0. The van der Waals surface area contributed by atoms with Crippen molar-refractivity contribution in [1.82, 2.24) is 0 Å². The molecule has 6 nitrogen and oxygen atoms in total. The molecule has 0 N–H and O–H groups in total. The Labute approximate surface area is 147 Å². The van der Waals surface area contributed by atoms with Crippen LogP contribution >= 0.6 is 0 Å². The molecular formula is C19H26O6. The highest BCUT2D eigenvalue weighted by atomic mass is 16.6. The predicted octanol–water partition coefficient (Wildman–Crippen LogP) is 2.32. The van der Waals surface area contributed by atoms with Gasteiger partial charge in [-0.25, -0.2) is 4.79 Å². The summed E-state index contributed by atoms with van der Waals surface area (Å²) in [5.74, 6) is -1.07. The number of ether oxygens (including phenoxy) is 3. The van der Waals surface area contributed by atoms with Crippen molar-refractivity contribution < 1.29 is 28.6 Å². The molecule has 1 saturated carbocycles. The van der Waals surface area contributed by atoms with Gasteiger partial charge in [0.25, 0.3) is 0 Å². The Morgan fingerprint density at radius 1 is 1.04 bits per heavy atom. The summed E-state index contributed by atoms with van der Waals surface area (Å²) in [5, 5.41) is 0. The second kappa shape index (κ2) is 4.45. The average molecular weight is 350 g/mol. The lowest BCUT2D eigenvalue weighted by atomic mass is 9.66. The molecule has 4 aliphatic rings. The van der Waals surface area contributed by atoms with E-state index in [-0.39, 0.29) is 18.2 Å². The monoisotopic (exact) mass is 350 g/mol. The van der Waals surface area contributed by atoms with Crippen molar-refractivity contribution >= 4 is 17.7 Å². The van der Waals surface area contributed by atoms with Crippen LogP contribution in [-0.4, -0.2) is 40.6 Å². The van der Waals surface area contributed by atoms with Crippen molar-refractivity contribution in [2.75, 3.05) is 0 Å². The number of esters is 2. The summed E-state index contributed by atoms with van der Waals surface area (Å²) in [6.07, 6.45) is 1.75. The molecule has 3 saturated heterocycles. The van der Waals surface area contributed by atoms with Crippen LogP contribution < -0.4 is 0 Å². The Kier molecular flexibility index (Phi) is 3.03. The molecule has 25 heavy (non-hydrogen) atoms. The first-order chi connectivity index (χ1) is 11.4. The molecule has 0 aromatic carbocycles. The second-order valence-corrected chi connectivity index (χ2v) is 9.47. The van der Waals surface area contributed by atoms with E-state index >= 15 is 0 Å². The van der Waals surface area contributed by atoms with Crippen LogP contribution in [0.3, 0.4) is 0 Å². The van der Waals surface area contributed by atoms with Gasteiger partial charge in [0.15, 0.2) is 11.9 Å². The van der Waals surface area contributed by atoms with Crippen molar-refractivity contribution in [3.05, 3.63) is 0 Å². The zero-order valence-corrected chi connectivity index (χ0v) is 15.6. The van der Waals surface area contributed by atoms with Gasteiger partial charge in [-0.05, 0) is 46.5 Å². The standard InChI is InChI=1S/C19H26O6/c1-15(2)17(4)7-9-19(15,24-13(17)21)14(22)23-12-11(20)10-16(3)6-8-18(12,5)25-16/h12H,6-10H2,1-5H3/t12-,16-,17+,18+,19-/m1/s1. The highest BCUT2D eigenvalue weighted by molar-refractivity contribution is 5.95. The van der Waals surface area contributed by atoms with E-state index in [0.717, 1.165) is 6.42 Å². The third-order valence-corrected chi connectivity index (χ3v) is 7.66. The molecule has 6 heteroatoms. The van der Waals surface area contributed by atoms with Gasteiger partial charge in [-0.2, -0.15) is 0 Å². The molecule has 0 spiro atoms. The van der Waals surface area contributed by atoms with Gasteiger partial charge in [-0.15, -0.1) is 0 Å². The lowest BCUT2D eigenvalue weighted by Crippen LogP contribution is -2.57. The van der Waals surface area contributed by atoms with Crippen LogP contribution in [0, 0.1) is 10.8 Å². The summed E-state index contributed by atoms with van der Waals surface area (Å²) >= 11 is 0. The topological polar surface area (TPSA) is 78.9 Å². The molecule has 4 bridgehead atoms. The van der Waals surface area contributed by atoms with Gasteiger partial charge in [0.05, 0.1) is 11.0 Å². The smallest absolute Gasteiger partial charge is 0.352 e. The normalized spacial score (nSPS) is 50.0. The van der Waals surface area contributed by atoms with Crippen LogP contribution in [0.1, 0.15) is 66.7 Å². The van der Waals surface area contributed by atoms with Gasteiger partial charge in [0.1, 0.15) is 5.60 Å². The molecule has 3 heterocycles. The largest absolute Gasteiger partial charge is 0.448 e. The molecule has 5 atom stereocenters. The van der Waals surface area contributed by atoms with E-state index in [9.17, 15) is 14.4 Å². The maximum atomic E-state index is 13.1. The fraction of sp³-hybridized carbons (Fsp3) is 0.842. The molecule has 0 aromatic rings. The molecule has 0 aromatic heterocycles. The first kappa shape index (κ1) is 17.0. The third-order valence-electron chi connectivity index (χ3n) is 7.66. The Morgan fingerprint density at radius 3 is 2.28 bits per heavy atom. The summed E-state index contributed by atoms with van der Waals surface area (Å²) in [4.78, 5) is 38.1. The zero-order valence-electron chi connectivity index (χ0n) is 15.6. The van der Waals surface area contributed by atoms with Gasteiger partial charge in [-0.3, -0.25) is 9.59 Å². The molecule has 0 unspecified atom stereocenters. The number of hydrogen-bond donors (Lipinski definition) is 0. The Hall–Kier alpha value is -1.43. The number of Topliss-reactive ketones (excluding diaryl/α,β-unsaturated/α-hetero) is 1. The molecule has 4 fully saturated rings. The van der Waals surface area contributed by atoms with Gasteiger partial charge in [-0.1, -0.05) is 13.8 Å². The summed E-state index contributed by atoms with van der Waals surface area (Å²) < 4.78 is 17.4. The maximum Gasteiger partial charge on any atom is 0.352 e. The number of fused-ring (bicyclic) bond motifs is 4. The quantitative estimate of drug-likeness (QED) is 0.711. The SMILES string of the molecule is CC1(C)[C@@]2(C)CC[C@]1(C(=O)O[C@@H]1C(=O)C[C@@]3(C)CC[C@]1(C)O3)OC2=O. The van der Waals surface area contributed by atoms with E-state index in [1.54, 1.807) is 0 Å². The number of rotatable bonds is 2. The van der Waals surface area contributed by atoms with Gasteiger partial charge >= 0.3 is 11.9 Å². The fourth-order valence-corrected chi connectivity index (χ4v) is 5.38. The average Bonchev–Trinajstić information content (AvgIpc) is 2.94. The predicted molar refractivity (Wildman–Crippen MR) is 86.6 cm³/mol. The van der Waals surface area contributed by atoms with Crippen LogP contribution in [0.4, 0.5) is 0 Å². The number of carbonyl (C=O) groups is 3. The van der Waals surface area contributed by atoms with Crippen LogP contribution in [0.25, 0.3) is 0 Å². The van der Waals surface area contributed by atoms with Gasteiger partial charge in [0.2, 0.25) is 5.60 Å². The zero-order chi connectivity index (χ0) is 18.5. The number of ketones is 1. The minimum absolute atomic E-state index is 0.110. The highest BCUT2D eigenvalue weighted by Gasteiger charge is 2.77. The molecular weight excluding hydrogens is 324 g/mol. The minimum atomic E-state index is -1.31. The maximum absolute atomic E-state index is 13.1. The first-order valence-electron chi connectivity index (χ1n) is 9.07. The van der Waals surface area contributed by atoms with E-state index in [1.165, 1.54) is 0 Å². The molecule has 138 valence electrons. The van der Waals surface area contributed by atoms with Crippen molar-refractivity contribution in [2.45, 2.75) is 89.6 Å². The van der Waals surface area contributed by atoms with Crippen molar-refractivity contribution in [3.63, 3.8) is 0 Å². The van der Waals surface area contributed by atoms with Crippen LogP contribution in [-0.2, 0) is 28.6 Å². The van der Waals surface area contributed by atoms with E-state index in [1.807, 2.05) is 34.6 Å². The third kappa shape index (κ3) is 1.81. The number of carbonyl (C=O) groups excluding carboxylic acids is 3. The molecule has 0 radical (unpaired) electrons. The van der Waals surface area contributed by atoms with E-state index < -0.39 is 39.7 Å². The molecule has 1 aliphatic carbocycles. The highest BCUT2D eigenvalue weighted by Crippen LogP contribution is 2.66. The number of hydrogen-bond acceptors (Lipinski definition) is 6. The van der Waals surface area contributed by atoms with Gasteiger partial charge in [0, 0.05) is 11.8 Å². The Balaban J connectivity index is 1.63. The lowest BCUT2D eigenvalue weighted by molar-refractivity contribution is -0.214. The van der Waals surface area contributed by atoms with E-state index in [0.29, 0.717) is 19.3 Å². The second-order valence-electron chi connectivity index (χ2n) is 9.47. The Morgan fingerprint density at radius 2 is 1.72 bits per heavy atom. The van der Waals surface area contributed by atoms with E-state index in [4.69, 9.17) is 14.2 Å². The van der Waals surface area contributed by atoms with Crippen LogP contribution in [0.5, 0.6) is 0 Å². The van der Waals surface area contributed by atoms with Crippen LogP contribution in [0.15, 0.2) is 0 Å². The molecule has 3 aliphatic heterocycles. The molecule has 0 amide bonds. The first-order valence-corrected chi connectivity index (χ1v) is 9.07. The summed E-state index contributed by atoms with van der Waals surface area (Å²) in [7, 11) is 0. The van der Waals surface area contributed by atoms with Crippen molar-refractivity contribution in [1.29, 1.82) is 0 Å². The van der Waals surface area contributed by atoms with Crippen LogP contribution in [0.2, 0.25) is 0 Å². The minimum Gasteiger partial charge on any atom is -0.448 e. The van der Waals surface area contributed by atoms with Crippen molar-refractivity contribution in [2.24, 2.45) is 10.8 Å². The van der Waals surface area contributed by atoms with Gasteiger partial charge < -0.3 is 14.2 Å². The lowest BCUT2D eigenvalue weighted by Gasteiger charge is -2.42. The molecule has 4 rings (SSSR count). The summed E-state index contributed by atoms with van der Waals surface area (Å²) in [6.45, 7) is 9.35. The van der Waals surface area contributed by atoms with E-state index in [2.05, 4.69) is 0 Å². The Bertz CT molecular complexity index is 698. The fourth-order valence-electron chi connectivity index (χ4n) is 5.38.